The average molecular weight is 270 g/mol. The van der Waals surface area contributed by atoms with Gasteiger partial charge in [0, 0.05) is 11.6 Å². The second kappa shape index (κ2) is 4.80. The summed E-state index contributed by atoms with van der Waals surface area (Å²) < 4.78 is 4.83. The molecule has 0 aliphatic carbocycles. The standard InChI is InChI=1S/C10H8BrNO3/c1-15-10-2-6(5-12)7(3-8(10)13)9(14)4-11/h2-3,13H,4H2,1H3. The van der Waals surface area contributed by atoms with Crippen molar-refractivity contribution < 1.29 is 14.6 Å². The molecule has 0 atom stereocenters. The normalized spacial score (nSPS) is 9.40. The van der Waals surface area contributed by atoms with Crippen LogP contribution >= 0.6 is 15.9 Å². The molecule has 0 amide bonds. The van der Waals surface area contributed by atoms with E-state index in [0.717, 1.165) is 0 Å². The van der Waals surface area contributed by atoms with E-state index >= 15 is 0 Å². The van der Waals surface area contributed by atoms with Crippen LogP contribution in [-0.4, -0.2) is 23.3 Å². The minimum absolute atomic E-state index is 0.105. The number of Topliss-reactive ketones (excluding diaryl/α,β-unsaturated/α-hetero) is 1. The summed E-state index contributed by atoms with van der Waals surface area (Å²) in [5.74, 6) is -0.233. The number of ether oxygens (including phenoxy) is 1. The first kappa shape index (κ1) is 11.5. The quantitative estimate of drug-likeness (QED) is 0.672. The molecule has 4 nitrogen and oxygen atoms in total. The second-order valence-electron chi connectivity index (χ2n) is 2.74. The minimum Gasteiger partial charge on any atom is -0.504 e. The maximum Gasteiger partial charge on any atom is 0.174 e. The molecule has 1 aromatic carbocycles. The molecule has 78 valence electrons. The Bertz CT molecular complexity index is 437. The van der Waals surface area contributed by atoms with E-state index in [4.69, 9.17) is 10.00 Å². The third-order valence-corrected chi connectivity index (χ3v) is 2.37. The monoisotopic (exact) mass is 269 g/mol. The maximum atomic E-state index is 11.4. The smallest absolute Gasteiger partial charge is 0.174 e. The fourth-order valence-corrected chi connectivity index (χ4v) is 1.43. The number of methoxy groups -OCH3 is 1. The Morgan fingerprint density at radius 1 is 1.67 bits per heavy atom. The van der Waals surface area contributed by atoms with Gasteiger partial charge in [0.15, 0.2) is 17.3 Å². The van der Waals surface area contributed by atoms with Crippen molar-refractivity contribution in [3.63, 3.8) is 0 Å². The molecule has 0 heterocycles. The lowest BCUT2D eigenvalue weighted by atomic mass is 10.0. The van der Waals surface area contributed by atoms with E-state index in [-0.39, 0.29) is 33.7 Å². The predicted octanol–water partition coefficient (Wildman–Crippen LogP) is 1.85. The number of aromatic hydroxyl groups is 1. The molecule has 5 heteroatoms. The Balaban J connectivity index is 3.35. The summed E-state index contributed by atoms with van der Waals surface area (Å²) in [5.41, 5.74) is 0.377. The van der Waals surface area contributed by atoms with Gasteiger partial charge in [0.25, 0.3) is 0 Å². The first-order valence-electron chi connectivity index (χ1n) is 4.04. The Morgan fingerprint density at radius 2 is 2.33 bits per heavy atom. The molecule has 0 aliphatic rings. The van der Waals surface area contributed by atoms with Gasteiger partial charge in [-0.25, -0.2) is 0 Å². The van der Waals surface area contributed by atoms with Crippen LogP contribution < -0.4 is 4.74 Å². The molecule has 0 aliphatic heterocycles. The molecule has 0 saturated heterocycles. The summed E-state index contributed by atoms with van der Waals surface area (Å²) in [6.07, 6.45) is 0. The molecule has 0 unspecified atom stereocenters. The summed E-state index contributed by atoms with van der Waals surface area (Å²) in [5, 5.41) is 18.4. The van der Waals surface area contributed by atoms with E-state index in [9.17, 15) is 9.90 Å². The van der Waals surface area contributed by atoms with Crippen LogP contribution in [0.2, 0.25) is 0 Å². The number of phenolic OH excluding ortho intramolecular Hbond substituents is 1. The Hall–Kier alpha value is -1.54. The first-order valence-corrected chi connectivity index (χ1v) is 5.16. The summed E-state index contributed by atoms with van der Waals surface area (Å²) in [7, 11) is 1.38. The average Bonchev–Trinajstić information content (AvgIpc) is 2.27. The Morgan fingerprint density at radius 3 is 2.80 bits per heavy atom. The van der Waals surface area contributed by atoms with Crippen LogP contribution in [-0.2, 0) is 0 Å². The van der Waals surface area contributed by atoms with Crippen LogP contribution in [0.3, 0.4) is 0 Å². The van der Waals surface area contributed by atoms with E-state index in [2.05, 4.69) is 15.9 Å². The van der Waals surface area contributed by atoms with Gasteiger partial charge < -0.3 is 9.84 Å². The van der Waals surface area contributed by atoms with Crippen molar-refractivity contribution in [1.82, 2.24) is 0 Å². The van der Waals surface area contributed by atoms with Gasteiger partial charge in [0.1, 0.15) is 6.07 Å². The zero-order valence-electron chi connectivity index (χ0n) is 7.95. The van der Waals surface area contributed by atoms with Crippen molar-refractivity contribution in [3.05, 3.63) is 23.3 Å². The number of carbonyl (C=O) groups is 1. The van der Waals surface area contributed by atoms with Gasteiger partial charge in [-0.05, 0) is 6.07 Å². The van der Waals surface area contributed by atoms with Crippen LogP contribution in [0.1, 0.15) is 15.9 Å². The van der Waals surface area contributed by atoms with Crippen LogP contribution in [0.4, 0.5) is 0 Å². The number of halogens is 1. The highest BCUT2D eigenvalue weighted by Gasteiger charge is 2.14. The lowest BCUT2D eigenvalue weighted by molar-refractivity contribution is 0.102. The molecular weight excluding hydrogens is 262 g/mol. The third-order valence-electron chi connectivity index (χ3n) is 1.86. The van der Waals surface area contributed by atoms with Gasteiger partial charge in [0.2, 0.25) is 0 Å². The molecule has 0 bridgehead atoms. The number of nitrogens with zero attached hydrogens (tertiary/aromatic N) is 1. The van der Waals surface area contributed by atoms with Crippen molar-refractivity contribution >= 4 is 21.7 Å². The largest absolute Gasteiger partial charge is 0.504 e. The first-order chi connectivity index (χ1) is 7.13. The molecular formula is C10H8BrNO3. The molecule has 15 heavy (non-hydrogen) atoms. The van der Waals surface area contributed by atoms with Crippen molar-refractivity contribution in [2.75, 3.05) is 12.4 Å². The molecule has 0 aromatic heterocycles. The van der Waals surface area contributed by atoms with Gasteiger partial charge in [-0.1, -0.05) is 15.9 Å². The molecule has 0 fully saturated rings. The number of hydrogen-bond donors (Lipinski definition) is 1. The van der Waals surface area contributed by atoms with Crippen molar-refractivity contribution in [2.45, 2.75) is 0 Å². The SMILES string of the molecule is COc1cc(C#N)c(C(=O)CBr)cc1O. The summed E-state index contributed by atoms with van der Waals surface area (Å²) >= 11 is 3.00. The minimum atomic E-state index is -0.260. The van der Waals surface area contributed by atoms with Gasteiger partial charge in [-0.2, -0.15) is 5.26 Å². The predicted molar refractivity (Wildman–Crippen MR) is 57.5 cm³/mol. The molecule has 0 radical (unpaired) electrons. The number of phenols is 1. The fourth-order valence-electron chi connectivity index (χ4n) is 1.13. The van der Waals surface area contributed by atoms with Gasteiger partial charge in [-0.3, -0.25) is 4.79 Å². The molecule has 0 spiro atoms. The highest BCUT2D eigenvalue weighted by atomic mass is 79.9. The third kappa shape index (κ3) is 2.28. The van der Waals surface area contributed by atoms with Crippen LogP contribution in [0.25, 0.3) is 0 Å². The molecule has 1 N–H and O–H groups in total. The summed E-state index contributed by atoms with van der Waals surface area (Å²) in [4.78, 5) is 11.4. The Kier molecular flexibility index (Phi) is 3.69. The van der Waals surface area contributed by atoms with Crippen molar-refractivity contribution in [2.24, 2.45) is 0 Å². The molecule has 0 saturated carbocycles. The lowest BCUT2D eigenvalue weighted by Gasteiger charge is -2.06. The van der Waals surface area contributed by atoms with Gasteiger partial charge in [0.05, 0.1) is 18.0 Å². The second-order valence-corrected chi connectivity index (χ2v) is 3.30. The number of alkyl halides is 1. The number of rotatable bonds is 3. The highest BCUT2D eigenvalue weighted by Crippen LogP contribution is 2.29. The van der Waals surface area contributed by atoms with Crippen molar-refractivity contribution in [3.8, 4) is 17.6 Å². The fraction of sp³-hybridized carbons (Fsp3) is 0.200. The highest BCUT2D eigenvalue weighted by molar-refractivity contribution is 9.09. The van der Waals surface area contributed by atoms with E-state index < -0.39 is 0 Å². The lowest BCUT2D eigenvalue weighted by Crippen LogP contribution is -2.03. The van der Waals surface area contributed by atoms with E-state index in [0.29, 0.717) is 0 Å². The van der Waals surface area contributed by atoms with Crippen LogP contribution in [0, 0.1) is 11.3 Å². The summed E-state index contributed by atoms with van der Waals surface area (Å²) in [6.45, 7) is 0. The number of nitriles is 1. The number of ketones is 1. The van der Waals surface area contributed by atoms with Gasteiger partial charge >= 0.3 is 0 Å². The van der Waals surface area contributed by atoms with Crippen LogP contribution in [0.15, 0.2) is 12.1 Å². The topological polar surface area (TPSA) is 70.3 Å². The van der Waals surface area contributed by atoms with Gasteiger partial charge in [-0.15, -0.1) is 0 Å². The summed E-state index contributed by atoms with van der Waals surface area (Å²) in [6, 6.07) is 4.46. The Labute approximate surface area is 95.2 Å². The number of carbonyl (C=O) groups excluding carboxylic acids is 1. The van der Waals surface area contributed by atoms with E-state index in [1.165, 1.54) is 19.2 Å². The molecule has 1 aromatic rings. The molecule has 1 rings (SSSR count). The van der Waals surface area contributed by atoms with Crippen LogP contribution in [0.5, 0.6) is 11.5 Å². The number of benzene rings is 1. The van der Waals surface area contributed by atoms with E-state index in [1.807, 2.05) is 6.07 Å². The zero-order valence-corrected chi connectivity index (χ0v) is 9.54. The maximum absolute atomic E-state index is 11.4. The zero-order chi connectivity index (χ0) is 11.4. The van der Waals surface area contributed by atoms with Crippen molar-refractivity contribution in [1.29, 1.82) is 5.26 Å². The number of hydrogen-bond acceptors (Lipinski definition) is 4. The van der Waals surface area contributed by atoms with E-state index in [1.54, 1.807) is 0 Å².